The predicted molar refractivity (Wildman–Crippen MR) is 110 cm³/mol. The summed E-state index contributed by atoms with van der Waals surface area (Å²) in [7, 11) is 2.53. The van der Waals surface area contributed by atoms with Crippen molar-refractivity contribution < 1.29 is 24.2 Å². The number of amides is 1. The largest absolute Gasteiger partial charge is 0.394 e. The summed E-state index contributed by atoms with van der Waals surface area (Å²) in [6.07, 6.45) is -0.973. The Bertz CT molecular complexity index is 1020. The van der Waals surface area contributed by atoms with E-state index >= 15 is 0 Å². The van der Waals surface area contributed by atoms with Crippen LogP contribution in [-0.4, -0.2) is 44.6 Å². The van der Waals surface area contributed by atoms with Gasteiger partial charge in [-0.1, -0.05) is 0 Å². The number of aromatic nitrogens is 2. The van der Waals surface area contributed by atoms with Gasteiger partial charge in [-0.15, -0.1) is 0 Å². The van der Waals surface area contributed by atoms with Gasteiger partial charge < -0.3 is 15.5 Å². The van der Waals surface area contributed by atoms with Gasteiger partial charge in [0.25, 0.3) is 11.5 Å². The van der Waals surface area contributed by atoms with Crippen LogP contribution in [0, 0.1) is 9.39 Å². The van der Waals surface area contributed by atoms with Crippen LogP contribution >= 0.6 is 22.6 Å². The average Bonchev–Trinajstić information content (AvgIpc) is 2.69. The van der Waals surface area contributed by atoms with Crippen molar-refractivity contribution in [1.82, 2.24) is 14.6 Å². The molecule has 2 aromatic rings. The minimum absolute atomic E-state index is 0.0327. The van der Waals surface area contributed by atoms with E-state index in [0.717, 1.165) is 9.13 Å². The van der Waals surface area contributed by atoms with Crippen LogP contribution in [0.2, 0.25) is 0 Å². The molecule has 0 saturated heterocycles. The molecular formula is C17H20FIN4O6. The molecule has 12 heteroatoms. The first-order valence-electron chi connectivity index (χ1n) is 8.40. The van der Waals surface area contributed by atoms with Gasteiger partial charge in [-0.3, -0.25) is 23.6 Å². The highest BCUT2D eigenvalue weighted by atomic mass is 127. The minimum Gasteiger partial charge on any atom is -0.394 e. The van der Waals surface area contributed by atoms with Gasteiger partial charge in [0.1, 0.15) is 17.2 Å². The molecule has 0 saturated carbocycles. The normalized spacial score (nSPS) is 11.9. The lowest BCUT2D eigenvalue weighted by molar-refractivity contribution is 0.00692. The first-order valence-corrected chi connectivity index (χ1v) is 9.48. The van der Waals surface area contributed by atoms with Gasteiger partial charge in [0.05, 0.1) is 25.0 Å². The Kier molecular flexibility index (Phi) is 7.89. The third kappa shape index (κ3) is 5.41. The molecule has 0 fully saturated rings. The van der Waals surface area contributed by atoms with Crippen LogP contribution in [0.5, 0.6) is 0 Å². The minimum atomic E-state index is -1.02. The number of halogens is 2. The highest BCUT2D eigenvalue weighted by molar-refractivity contribution is 14.1. The van der Waals surface area contributed by atoms with Gasteiger partial charge in [0.15, 0.2) is 0 Å². The number of rotatable bonds is 8. The van der Waals surface area contributed by atoms with Gasteiger partial charge in [0.2, 0.25) is 0 Å². The molecule has 1 aromatic heterocycles. The second-order valence-electron chi connectivity index (χ2n) is 6.08. The van der Waals surface area contributed by atoms with Crippen LogP contribution in [0.1, 0.15) is 16.8 Å². The summed E-state index contributed by atoms with van der Waals surface area (Å²) in [5.41, 5.74) is -0.0681. The summed E-state index contributed by atoms with van der Waals surface area (Å²) >= 11 is 1.93. The number of hydroxylamine groups is 1. The van der Waals surface area contributed by atoms with E-state index in [4.69, 9.17) is 9.94 Å². The standard InChI is InChI=1S/C17H20FIN4O6/c1-22-14(20-12-4-3-9(19)7-11(12)18)13(16(27)23(2)17(22)28)15(26)21-29-6-5-10(25)8-24/h3-4,7,10,20,24-25H,5-6,8H2,1-2H3,(H,21,26)/t10-/m0/s1. The Balaban J connectivity index is 2.39. The Morgan fingerprint density at radius 3 is 2.62 bits per heavy atom. The van der Waals surface area contributed by atoms with Gasteiger partial charge in [-0.2, -0.15) is 0 Å². The summed E-state index contributed by atoms with van der Waals surface area (Å²) in [4.78, 5) is 42.3. The van der Waals surface area contributed by atoms with Crippen LogP contribution in [0.3, 0.4) is 0 Å². The highest BCUT2D eigenvalue weighted by Crippen LogP contribution is 2.22. The van der Waals surface area contributed by atoms with Crippen LogP contribution in [0.25, 0.3) is 0 Å². The molecule has 158 valence electrons. The summed E-state index contributed by atoms with van der Waals surface area (Å²) < 4.78 is 16.6. The number of hydrogen-bond donors (Lipinski definition) is 4. The van der Waals surface area contributed by atoms with Gasteiger partial charge in [-0.25, -0.2) is 14.7 Å². The van der Waals surface area contributed by atoms with E-state index in [1.165, 1.54) is 26.2 Å². The zero-order valence-electron chi connectivity index (χ0n) is 15.6. The lowest BCUT2D eigenvalue weighted by Gasteiger charge is -2.17. The molecule has 4 N–H and O–H groups in total. The quantitative estimate of drug-likeness (QED) is 0.218. The van der Waals surface area contributed by atoms with E-state index in [9.17, 15) is 23.9 Å². The van der Waals surface area contributed by atoms with Crippen LogP contribution in [0.4, 0.5) is 15.9 Å². The van der Waals surface area contributed by atoms with E-state index in [1.807, 2.05) is 28.1 Å². The highest BCUT2D eigenvalue weighted by Gasteiger charge is 2.23. The SMILES string of the molecule is Cn1c(Nc2ccc(I)cc2F)c(C(=O)NOCC[C@H](O)CO)c(=O)n(C)c1=O. The number of aliphatic hydroxyl groups is 2. The summed E-state index contributed by atoms with van der Waals surface area (Å²) in [6.45, 7) is -0.595. The molecule has 0 aliphatic rings. The van der Waals surface area contributed by atoms with Gasteiger partial charge in [0, 0.05) is 24.1 Å². The number of carbonyl (C=O) groups excluding carboxylic acids is 1. The number of hydrogen-bond acceptors (Lipinski definition) is 7. The fourth-order valence-electron chi connectivity index (χ4n) is 2.37. The Labute approximate surface area is 178 Å². The Morgan fingerprint density at radius 1 is 1.31 bits per heavy atom. The molecule has 0 radical (unpaired) electrons. The Morgan fingerprint density at radius 2 is 2.00 bits per heavy atom. The van der Waals surface area contributed by atoms with E-state index in [1.54, 1.807) is 6.07 Å². The van der Waals surface area contributed by atoms with Crippen LogP contribution < -0.4 is 22.0 Å². The fraction of sp³-hybridized carbons (Fsp3) is 0.353. The summed E-state index contributed by atoms with van der Waals surface area (Å²) in [5, 5.41) is 20.6. The third-order valence-corrected chi connectivity index (χ3v) is 4.68. The molecule has 2 rings (SSSR count). The zero-order valence-corrected chi connectivity index (χ0v) is 17.8. The number of anilines is 2. The van der Waals surface area contributed by atoms with Crippen LogP contribution in [0.15, 0.2) is 27.8 Å². The summed E-state index contributed by atoms with van der Waals surface area (Å²) in [5.74, 6) is -1.81. The van der Waals surface area contributed by atoms with Gasteiger partial charge >= 0.3 is 5.69 Å². The molecule has 10 nitrogen and oxygen atoms in total. The molecule has 0 unspecified atom stereocenters. The fourth-order valence-corrected chi connectivity index (χ4v) is 2.82. The molecule has 1 amide bonds. The third-order valence-electron chi connectivity index (χ3n) is 4.00. The summed E-state index contributed by atoms with van der Waals surface area (Å²) in [6, 6.07) is 4.27. The molecule has 1 heterocycles. The molecule has 0 aliphatic carbocycles. The van der Waals surface area contributed by atoms with E-state index in [-0.39, 0.29) is 24.5 Å². The van der Waals surface area contributed by atoms with E-state index < -0.39 is 41.2 Å². The average molecular weight is 522 g/mol. The van der Waals surface area contributed by atoms with Crippen molar-refractivity contribution in [3.8, 4) is 0 Å². The molecule has 0 bridgehead atoms. The number of nitrogens with one attached hydrogen (secondary N) is 2. The van der Waals surface area contributed by atoms with Crippen molar-refractivity contribution in [2.75, 3.05) is 18.5 Å². The molecule has 1 atom stereocenters. The first-order chi connectivity index (χ1) is 13.7. The molecule has 0 aliphatic heterocycles. The lowest BCUT2D eigenvalue weighted by Crippen LogP contribution is -2.43. The molecule has 0 spiro atoms. The van der Waals surface area contributed by atoms with Crippen molar-refractivity contribution in [1.29, 1.82) is 0 Å². The predicted octanol–water partition coefficient (Wildman–Crippen LogP) is -0.0240. The van der Waals surface area contributed by atoms with Gasteiger partial charge in [-0.05, 0) is 40.8 Å². The van der Waals surface area contributed by atoms with Crippen molar-refractivity contribution in [3.05, 3.63) is 54.0 Å². The van der Waals surface area contributed by atoms with E-state index in [2.05, 4.69) is 5.32 Å². The van der Waals surface area contributed by atoms with Crippen molar-refractivity contribution >= 4 is 40.0 Å². The zero-order chi connectivity index (χ0) is 21.7. The lowest BCUT2D eigenvalue weighted by atomic mass is 10.2. The Hall–Kier alpha value is -2.29. The number of benzene rings is 1. The van der Waals surface area contributed by atoms with E-state index in [0.29, 0.717) is 3.57 Å². The maximum Gasteiger partial charge on any atom is 0.332 e. The van der Waals surface area contributed by atoms with Crippen molar-refractivity contribution in [2.45, 2.75) is 12.5 Å². The maximum atomic E-state index is 14.2. The smallest absolute Gasteiger partial charge is 0.332 e. The first kappa shape index (κ1) is 23.0. The monoisotopic (exact) mass is 522 g/mol. The molecule has 29 heavy (non-hydrogen) atoms. The number of aliphatic hydroxyl groups excluding tert-OH is 2. The maximum absolute atomic E-state index is 14.2. The molecular weight excluding hydrogens is 502 g/mol. The number of nitrogens with zero attached hydrogens (tertiary/aromatic N) is 2. The topological polar surface area (TPSA) is 135 Å². The van der Waals surface area contributed by atoms with Crippen molar-refractivity contribution in [3.63, 3.8) is 0 Å². The van der Waals surface area contributed by atoms with Crippen molar-refractivity contribution in [2.24, 2.45) is 14.1 Å². The molecule has 1 aromatic carbocycles. The number of carbonyl (C=O) groups is 1. The second kappa shape index (κ2) is 9.96. The second-order valence-corrected chi connectivity index (χ2v) is 7.33. The van der Waals surface area contributed by atoms with Crippen LogP contribution in [-0.2, 0) is 18.9 Å².